The SMILES string of the molecule is Cn1ccc(NCc2cccc([N+](=O)[O-])c2F)n1. The van der Waals surface area contributed by atoms with Gasteiger partial charge in [0.2, 0.25) is 5.82 Å². The van der Waals surface area contributed by atoms with Crippen LogP contribution in [0.4, 0.5) is 15.9 Å². The van der Waals surface area contributed by atoms with E-state index in [0.29, 0.717) is 5.82 Å². The predicted molar refractivity (Wildman–Crippen MR) is 63.6 cm³/mol. The van der Waals surface area contributed by atoms with Crippen LogP contribution in [0.5, 0.6) is 0 Å². The summed E-state index contributed by atoms with van der Waals surface area (Å²) in [4.78, 5) is 9.84. The standard InChI is InChI=1S/C11H11FN4O2/c1-15-6-5-10(14-15)13-7-8-3-2-4-9(11(8)12)16(17)18/h2-6H,7H2,1H3,(H,13,14). The minimum atomic E-state index is -0.814. The van der Waals surface area contributed by atoms with Crippen LogP contribution in [0.15, 0.2) is 30.5 Å². The Hall–Kier alpha value is -2.44. The van der Waals surface area contributed by atoms with Gasteiger partial charge in [0.05, 0.1) is 4.92 Å². The van der Waals surface area contributed by atoms with Gasteiger partial charge in [-0.2, -0.15) is 9.49 Å². The average molecular weight is 250 g/mol. The zero-order valence-electron chi connectivity index (χ0n) is 9.63. The highest BCUT2D eigenvalue weighted by Gasteiger charge is 2.16. The number of hydrogen-bond donors (Lipinski definition) is 1. The first-order valence-electron chi connectivity index (χ1n) is 5.23. The van der Waals surface area contributed by atoms with E-state index in [1.165, 1.54) is 12.1 Å². The van der Waals surface area contributed by atoms with Gasteiger partial charge in [-0.05, 0) is 0 Å². The third-order valence-corrected chi connectivity index (χ3v) is 2.43. The number of halogens is 1. The number of nitro groups is 1. The molecular formula is C11H11FN4O2. The molecule has 0 spiro atoms. The van der Waals surface area contributed by atoms with E-state index >= 15 is 0 Å². The molecule has 0 saturated carbocycles. The van der Waals surface area contributed by atoms with E-state index in [2.05, 4.69) is 10.4 Å². The molecule has 1 heterocycles. The van der Waals surface area contributed by atoms with Gasteiger partial charge >= 0.3 is 5.69 Å². The molecule has 2 aromatic rings. The highest BCUT2D eigenvalue weighted by molar-refractivity contribution is 5.40. The summed E-state index contributed by atoms with van der Waals surface area (Å²) in [6.45, 7) is 0.143. The monoisotopic (exact) mass is 250 g/mol. The van der Waals surface area contributed by atoms with Crippen LogP contribution in [0, 0.1) is 15.9 Å². The Morgan fingerprint density at radius 1 is 1.50 bits per heavy atom. The van der Waals surface area contributed by atoms with E-state index in [9.17, 15) is 14.5 Å². The van der Waals surface area contributed by atoms with E-state index in [4.69, 9.17) is 0 Å². The smallest absolute Gasteiger partial charge is 0.305 e. The van der Waals surface area contributed by atoms with Gasteiger partial charge in [-0.3, -0.25) is 14.8 Å². The number of hydrogen-bond acceptors (Lipinski definition) is 4. The van der Waals surface area contributed by atoms with Crippen LogP contribution in [0.25, 0.3) is 0 Å². The average Bonchev–Trinajstić information content (AvgIpc) is 2.73. The zero-order chi connectivity index (χ0) is 13.1. The molecule has 6 nitrogen and oxygen atoms in total. The topological polar surface area (TPSA) is 73.0 Å². The molecule has 0 amide bonds. The molecule has 0 radical (unpaired) electrons. The number of nitro benzene ring substituents is 1. The van der Waals surface area contributed by atoms with Gasteiger partial charge in [-0.1, -0.05) is 12.1 Å². The highest BCUT2D eigenvalue weighted by Crippen LogP contribution is 2.20. The van der Waals surface area contributed by atoms with E-state index in [0.717, 1.165) is 6.07 Å². The van der Waals surface area contributed by atoms with Crippen molar-refractivity contribution in [3.63, 3.8) is 0 Å². The first-order chi connectivity index (χ1) is 8.58. The maximum absolute atomic E-state index is 13.7. The molecule has 0 fully saturated rings. The fourth-order valence-corrected chi connectivity index (χ4v) is 1.54. The number of anilines is 1. The molecule has 7 heteroatoms. The van der Waals surface area contributed by atoms with Crippen molar-refractivity contribution in [3.05, 3.63) is 52.0 Å². The number of nitrogens with one attached hydrogen (secondary N) is 1. The summed E-state index contributed by atoms with van der Waals surface area (Å²) in [5.74, 6) is -0.227. The Balaban J connectivity index is 2.14. The second-order valence-electron chi connectivity index (χ2n) is 3.74. The van der Waals surface area contributed by atoms with Crippen molar-refractivity contribution in [3.8, 4) is 0 Å². The lowest BCUT2D eigenvalue weighted by Crippen LogP contribution is -2.04. The Labute approximate surface area is 102 Å². The molecule has 0 unspecified atom stereocenters. The summed E-state index contributed by atoms with van der Waals surface area (Å²) in [5.41, 5.74) is -0.287. The van der Waals surface area contributed by atoms with Crippen molar-refractivity contribution in [2.24, 2.45) is 7.05 Å². The van der Waals surface area contributed by atoms with Gasteiger partial charge < -0.3 is 5.32 Å². The summed E-state index contributed by atoms with van der Waals surface area (Å²) in [6, 6.07) is 5.82. The van der Waals surface area contributed by atoms with E-state index in [-0.39, 0.29) is 12.1 Å². The fraction of sp³-hybridized carbons (Fsp3) is 0.182. The lowest BCUT2D eigenvalue weighted by atomic mass is 10.2. The molecule has 0 saturated heterocycles. The summed E-state index contributed by atoms with van der Waals surface area (Å²) >= 11 is 0. The lowest BCUT2D eigenvalue weighted by Gasteiger charge is -2.04. The maximum atomic E-state index is 13.7. The first-order valence-corrected chi connectivity index (χ1v) is 5.23. The minimum Gasteiger partial charge on any atom is -0.364 e. The van der Waals surface area contributed by atoms with Crippen molar-refractivity contribution in [1.29, 1.82) is 0 Å². The number of aromatic nitrogens is 2. The van der Waals surface area contributed by atoms with Crippen LogP contribution in [-0.2, 0) is 13.6 Å². The van der Waals surface area contributed by atoms with Crippen LogP contribution in [0.2, 0.25) is 0 Å². The van der Waals surface area contributed by atoms with Crippen LogP contribution >= 0.6 is 0 Å². The Morgan fingerprint density at radius 2 is 2.28 bits per heavy atom. The van der Waals surface area contributed by atoms with Gasteiger partial charge in [0, 0.05) is 37.5 Å². The molecule has 0 bridgehead atoms. The molecule has 2 rings (SSSR count). The quantitative estimate of drug-likeness (QED) is 0.666. The maximum Gasteiger partial charge on any atom is 0.305 e. The second-order valence-corrected chi connectivity index (χ2v) is 3.74. The van der Waals surface area contributed by atoms with Gasteiger partial charge in [-0.15, -0.1) is 0 Å². The number of aryl methyl sites for hydroxylation is 1. The molecular weight excluding hydrogens is 239 g/mol. The molecule has 0 aliphatic rings. The van der Waals surface area contributed by atoms with Crippen LogP contribution in [0.3, 0.4) is 0 Å². The number of benzene rings is 1. The van der Waals surface area contributed by atoms with Crippen molar-refractivity contribution in [1.82, 2.24) is 9.78 Å². The van der Waals surface area contributed by atoms with Gasteiger partial charge in [0.1, 0.15) is 5.82 Å². The third kappa shape index (κ3) is 2.45. The van der Waals surface area contributed by atoms with E-state index < -0.39 is 16.4 Å². The van der Waals surface area contributed by atoms with Crippen LogP contribution in [-0.4, -0.2) is 14.7 Å². The highest BCUT2D eigenvalue weighted by atomic mass is 19.1. The van der Waals surface area contributed by atoms with Crippen molar-refractivity contribution in [2.75, 3.05) is 5.32 Å². The number of rotatable bonds is 4. The molecule has 1 N–H and O–H groups in total. The van der Waals surface area contributed by atoms with Crippen molar-refractivity contribution < 1.29 is 9.31 Å². The van der Waals surface area contributed by atoms with Gasteiger partial charge in [0.15, 0.2) is 0 Å². The second kappa shape index (κ2) is 4.82. The molecule has 0 aliphatic heterocycles. The summed E-state index contributed by atoms with van der Waals surface area (Å²) in [7, 11) is 1.76. The Bertz CT molecular complexity index is 582. The van der Waals surface area contributed by atoms with Crippen molar-refractivity contribution in [2.45, 2.75) is 6.54 Å². The summed E-state index contributed by atoms with van der Waals surface area (Å²) in [6.07, 6.45) is 1.74. The molecule has 0 aliphatic carbocycles. The number of nitrogens with zero attached hydrogens (tertiary/aromatic N) is 3. The third-order valence-electron chi connectivity index (χ3n) is 2.43. The fourth-order valence-electron chi connectivity index (χ4n) is 1.54. The van der Waals surface area contributed by atoms with Crippen LogP contribution < -0.4 is 5.32 Å². The molecule has 0 atom stereocenters. The lowest BCUT2D eigenvalue weighted by molar-refractivity contribution is -0.387. The molecule has 1 aromatic heterocycles. The molecule has 18 heavy (non-hydrogen) atoms. The Kier molecular flexibility index (Phi) is 3.22. The summed E-state index contributed by atoms with van der Waals surface area (Å²) < 4.78 is 15.3. The van der Waals surface area contributed by atoms with Gasteiger partial charge in [-0.25, -0.2) is 0 Å². The normalized spacial score (nSPS) is 10.3. The molecule has 94 valence electrons. The van der Waals surface area contributed by atoms with E-state index in [1.54, 1.807) is 24.0 Å². The predicted octanol–water partition coefficient (Wildman–Crippen LogP) is 2.08. The minimum absolute atomic E-state index is 0.143. The Morgan fingerprint density at radius 3 is 2.89 bits per heavy atom. The summed E-state index contributed by atoms with van der Waals surface area (Å²) in [5, 5.41) is 17.5. The van der Waals surface area contributed by atoms with Crippen LogP contribution in [0.1, 0.15) is 5.56 Å². The molecule has 1 aromatic carbocycles. The largest absolute Gasteiger partial charge is 0.364 e. The van der Waals surface area contributed by atoms with E-state index in [1.807, 2.05) is 0 Å². The van der Waals surface area contributed by atoms with Crippen molar-refractivity contribution >= 4 is 11.5 Å². The first kappa shape index (κ1) is 12.0. The van der Waals surface area contributed by atoms with Gasteiger partial charge in [0.25, 0.3) is 0 Å². The zero-order valence-corrected chi connectivity index (χ0v) is 9.63.